The van der Waals surface area contributed by atoms with E-state index in [0.29, 0.717) is 24.3 Å². The van der Waals surface area contributed by atoms with Crippen LogP contribution in [0.15, 0.2) is 24.5 Å². The van der Waals surface area contributed by atoms with E-state index in [-0.39, 0.29) is 5.91 Å². The Balaban J connectivity index is 1.94. The lowest BCUT2D eigenvalue weighted by molar-refractivity contribution is 0.0954. The van der Waals surface area contributed by atoms with Crippen molar-refractivity contribution in [1.29, 1.82) is 0 Å². The Bertz CT molecular complexity index is 551. The first kappa shape index (κ1) is 13.0. The fourth-order valence-electron chi connectivity index (χ4n) is 1.70. The fourth-order valence-corrected chi connectivity index (χ4v) is 1.70. The van der Waals surface area contributed by atoms with Crippen molar-refractivity contribution < 1.29 is 4.79 Å². The van der Waals surface area contributed by atoms with Gasteiger partial charge in [-0.1, -0.05) is 0 Å². The summed E-state index contributed by atoms with van der Waals surface area (Å²) in [5.41, 5.74) is 3.69. The van der Waals surface area contributed by atoms with E-state index in [0.717, 1.165) is 11.5 Å². The number of imidazole rings is 1. The predicted octanol–water partition coefficient (Wildman–Crippen LogP) is 0.371. The summed E-state index contributed by atoms with van der Waals surface area (Å²) in [6.45, 7) is 2.32. The van der Waals surface area contributed by atoms with E-state index in [4.69, 9.17) is 5.84 Å². The molecule has 0 saturated heterocycles. The molecule has 0 aliphatic rings. The van der Waals surface area contributed by atoms with Crippen molar-refractivity contribution >= 4 is 11.7 Å². The molecule has 0 saturated carbocycles. The van der Waals surface area contributed by atoms with Crippen molar-refractivity contribution in [2.45, 2.75) is 13.3 Å². The average Bonchev–Trinajstić information content (AvgIpc) is 2.91. The SMILES string of the molecule is Cc1cc(C(=O)NCCc2ncc[nH]2)cc(NN)n1. The van der Waals surface area contributed by atoms with Crippen molar-refractivity contribution in [3.8, 4) is 0 Å². The zero-order valence-corrected chi connectivity index (χ0v) is 10.6. The topological polar surface area (TPSA) is 109 Å². The van der Waals surface area contributed by atoms with Crippen LogP contribution >= 0.6 is 0 Å². The van der Waals surface area contributed by atoms with Crippen LogP contribution in [0.3, 0.4) is 0 Å². The zero-order valence-electron chi connectivity index (χ0n) is 10.6. The van der Waals surface area contributed by atoms with Gasteiger partial charge in [-0.2, -0.15) is 0 Å². The van der Waals surface area contributed by atoms with Gasteiger partial charge in [0.25, 0.3) is 5.91 Å². The van der Waals surface area contributed by atoms with Gasteiger partial charge in [0.05, 0.1) is 0 Å². The third-order valence-electron chi connectivity index (χ3n) is 2.57. The quantitative estimate of drug-likeness (QED) is 0.459. The summed E-state index contributed by atoms with van der Waals surface area (Å²) < 4.78 is 0. The summed E-state index contributed by atoms with van der Waals surface area (Å²) in [5.74, 6) is 6.45. The number of carbonyl (C=O) groups is 1. The van der Waals surface area contributed by atoms with Gasteiger partial charge < -0.3 is 15.7 Å². The standard InChI is InChI=1S/C12H16N6O/c1-8-6-9(7-11(17-8)18-13)12(19)16-3-2-10-14-4-5-15-10/h4-7H,2-3,13H2,1H3,(H,14,15)(H,16,19)(H,17,18). The maximum atomic E-state index is 12.0. The van der Waals surface area contributed by atoms with E-state index in [2.05, 4.69) is 25.7 Å². The molecule has 5 N–H and O–H groups in total. The summed E-state index contributed by atoms with van der Waals surface area (Å²) in [6.07, 6.45) is 4.09. The van der Waals surface area contributed by atoms with E-state index >= 15 is 0 Å². The molecule has 0 spiro atoms. The van der Waals surface area contributed by atoms with Crippen LogP contribution in [0.1, 0.15) is 21.9 Å². The Kier molecular flexibility index (Phi) is 4.09. The second kappa shape index (κ2) is 5.96. The Morgan fingerprint density at radius 2 is 2.32 bits per heavy atom. The lowest BCUT2D eigenvalue weighted by Crippen LogP contribution is -2.26. The van der Waals surface area contributed by atoms with E-state index < -0.39 is 0 Å². The molecule has 2 rings (SSSR count). The molecule has 2 heterocycles. The number of carbonyl (C=O) groups excluding carboxylic acids is 1. The van der Waals surface area contributed by atoms with Crippen LogP contribution in [0.2, 0.25) is 0 Å². The molecule has 7 heteroatoms. The number of nitrogens with zero attached hydrogens (tertiary/aromatic N) is 2. The van der Waals surface area contributed by atoms with Gasteiger partial charge in [-0.25, -0.2) is 15.8 Å². The Hall–Kier alpha value is -2.41. The molecule has 0 aliphatic carbocycles. The second-order valence-electron chi connectivity index (χ2n) is 4.07. The molecule has 0 radical (unpaired) electrons. The monoisotopic (exact) mass is 260 g/mol. The van der Waals surface area contributed by atoms with Crippen molar-refractivity contribution in [2.24, 2.45) is 5.84 Å². The van der Waals surface area contributed by atoms with Gasteiger partial charge in [-0.15, -0.1) is 0 Å². The number of nitrogen functional groups attached to an aromatic ring is 1. The third kappa shape index (κ3) is 3.52. The summed E-state index contributed by atoms with van der Waals surface area (Å²) in [6, 6.07) is 3.32. The molecule has 0 aromatic carbocycles. The van der Waals surface area contributed by atoms with Gasteiger partial charge in [0.1, 0.15) is 11.6 Å². The average molecular weight is 260 g/mol. The van der Waals surface area contributed by atoms with Gasteiger partial charge in [0.2, 0.25) is 0 Å². The summed E-state index contributed by atoms with van der Waals surface area (Å²) in [4.78, 5) is 23.1. The lowest BCUT2D eigenvalue weighted by Gasteiger charge is -2.07. The lowest BCUT2D eigenvalue weighted by atomic mass is 10.2. The molecule has 0 bridgehead atoms. The molecular weight excluding hydrogens is 244 g/mol. The molecule has 19 heavy (non-hydrogen) atoms. The van der Waals surface area contributed by atoms with Crippen LogP contribution in [-0.4, -0.2) is 27.4 Å². The number of hydrogen-bond acceptors (Lipinski definition) is 5. The van der Waals surface area contributed by atoms with Crippen molar-refractivity contribution in [2.75, 3.05) is 12.0 Å². The van der Waals surface area contributed by atoms with Gasteiger partial charge >= 0.3 is 0 Å². The molecule has 7 nitrogen and oxygen atoms in total. The van der Waals surface area contributed by atoms with Crippen LogP contribution in [0, 0.1) is 6.92 Å². The van der Waals surface area contributed by atoms with Crippen LogP contribution in [0.25, 0.3) is 0 Å². The Labute approximate surface area is 110 Å². The zero-order chi connectivity index (χ0) is 13.7. The Morgan fingerprint density at radius 1 is 1.47 bits per heavy atom. The normalized spacial score (nSPS) is 10.2. The molecule has 100 valence electrons. The number of pyridine rings is 1. The molecular formula is C12H16N6O. The number of hydrazine groups is 1. The maximum absolute atomic E-state index is 12.0. The highest BCUT2D eigenvalue weighted by molar-refractivity contribution is 5.94. The number of H-pyrrole nitrogens is 1. The molecule has 0 aliphatic heterocycles. The molecule has 0 atom stereocenters. The number of aromatic nitrogens is 3. The number of aryl methyl sites for hydroxylation is 1. The molecule has 2 aromatic heterocycles. The number of aromatic amines is 1. The van der Waals surface area contributed by atoms with Crippen LogP contribution in [-0.2, 0) is 6.42 Å². The maximum Gasteiger partial charge on any atom is 0.251 e. The highest BCUT2D eigenvalue weighted by Crippen LogP contribution is 2.08. The highest BCUT2D eigenvalue weighted by atomic mass is 16.1. The number of anilines is 1. The van der Waals surface area contributed by atoms with Crippen LogP contribution in [0.5, 0.6) is 0 Å². The van der Waals surface area contributed by atoms with E-state index in [1.54, 1.807) is 31.5 Å². The minimum absolute atomic E-state index is 0.159. The minimum atomic E-state index is -0.159. The van der Waals surface area contributed by atoms with Crippen molar-refractivity contribution in [1.82, 2.24) is 20.3 Å². The number of nitrogens with two attached hydrogens (primary N) is 1. The number of hydrogen-bond donors (Lipinski definition) is 4. The Morgan fingerprint density at radius 3 is 3.00 bits per heavy atom. The van der Waals surface area contributed by atoms with E-state index in [1.165, 1.54) is 0 Å². The minimum Gasteiger partial charge on any atom is -0.352 e. The third-order valence-corrected chi connectivity index (χ3v) is 2.57. The first-order valence-electron chi connectivity index (χ1n) is 5.91. The summed E-state index contributed by atoms with van der Waals surface area (Å²) >= 11 is 0. The van der Waals surface area contributed by atoms with E-state index in [1.807, 2.05) is 0 Å². The summed E-state index contributed by atoms with van der Waals surface area (Å²) in [5, 5.41) is 2.82. The van der Waals surface area contributed by atoms with Crippen molar-refractivity contribution in [3.05, 3.63) is 41.6 Å². The fraction of sp³-hybridized carbons (Fsp3) is 0.250. The van der Waals surface area contributed by atoms with Gasteiger partial charge in [0.15, 0.2) is 0 Å². The van der Waals surface area contributed by atoms with Crippen molar-refractivity contribution in [3.63, 3.8) is 0 Å². The van der Waals surface area contributed by atoms with Gasteiger partial charge in [-0.3, -0.25) is 4.79 Å². The summed E-state index contributed by atoms with van der Waals surface area (Å²) in [7, 11) is 0. The smallest absolute Gasteiger partial charge is 0.251 e. The van der Waals surface area contributed by atoms with Gasteiger partial charge in [0, 0.05) is 36.6 Å². The predicted molar refractivity (Wildman–Crippen MR) is 71.4 cm³/mol. The largest absolute Gasteiger partial charge is 0.352 e. The number of nitrogens with one attached hydrogen (secondary N) is 3. The van der Waals surface area contributed by atoms with E-state index in [9.17, 15) is 4.79 Å². The second-order valence-corrected chi connectivity index (χ2v) is 4.07. The molecule has 1 amide bonds. The first-order valence-corrected chi connectivity index (χ1v) is 5.91. The van der Waals surface area contributed by atoms with Crippen LogP contribution in [0.4, 0.5) is 5.82 Å². The number of rotatable bonds is 5. The first-order chi connectivity index (χ1) is 9.19. The molecule has 0 unspecified atom stereocenters. The molecule has 0 fully saturated rings. The van der Waals surface area contributed by atoms with Gasteiger partial charge in [-0.05, 0) is 19.1 Å². The highest BCUT2D eigenvalue weighted by Gasteiger charge is 2.08. The number of amides is 1. The molecule has 2 aromatic rings. The van der Waals surface area contributed by atoms with Crippen LogP contribution < -0.4 is 16.6 Å².